The van der Waals surface area contributed by atoms with Crippen LogP contribution in [0.15, 0.2) is 0 Å². The van der Waals surface area contributed by atoms with Crippen molar-refractivity contribution < 1.29 is 4.79 Å². The van der Waals surface area contributed by atoms with Crippen molar-refractivity contribution in [3.05, 3.63) is 0 Å². The minimum Gasteiger partial charge on any atom is -0.370 e. The third-order valence-corrected chi connectivity index (χ3v) is 2.07. The number of likely N-dealkylation sites (tertiary alicyclic amines) is 1. The predicted octanol–water partition coefficient (Wildman–Crippen LogP) is 0.840. The van der Waals surface area contributed by atoms with Crippen LogP contribution in [0.2, 0.25) is 0 Å². The van der Waals surface area contributed by atoms with Gasteiger partial charge in [0.2, 0.25) is 5.91 Å². The van der Waals surface area contributed by atoms with Gasteiger partial charge in [-0.15, -0.1) is 0 Å². The van der Waals surface area contributed by atoms with Gasteiger partial charge in [-0.25, -0.2) is 0 Å². The molecule has 0 spiro atoms. The fourth-order valence-electron chi connectivity index (χ4n) is 1.36. The molecule has 1 heterocycles. The Balaban J connectivity index is 0.000000261. The highest BCUT2D eigenvalue weighted by atomic mass is 16.1. The standard InChI is InChI=1S/C7H15N.C2H5NO/c1-3-7-4-5-8(2)6-7;1-2(3)4/h7H,3-6H2,1-2H3;1H3,(H2,3,4). The molecule has 0 aromatic heterocycles. The van der Waals surface area contributed by atoms with Gasteiger partial charge in [-0.05, 0) is 25.9 Å². The number of primary amides is 1. The van der Waals surface area contributed by atoms with Crippen molar-refractivity contribution >= 4 is 5.91 Å². The maximum atomic E-state index is 9.22. The Kier molecular flexibility index (Phi) is 5.72. The maximum Gasteiger partial charge on any atom is 0.214 e. The molecule has 1 fully saturated rings. The van der Waals surface area contributed by atoms with Crippen molar-refractivity contribution in [3.63, 3.8) is 0 Å². The zero-order valence-electron chi connectivity index (χ0n) is 8.34. The highest BCUT2D eigenvalue weighted by Crippen LogP contribution is 2.16. The van der Waals surface area contributed by atoms with Crippen LogP contribution in [-0.2, 0) is 4.79 Å². The third kappa shape index (κ3) is 6.16. The van der Waals surface area contributed by atoms with Gasteiger partial charge < -0.3 is 10.6 Å². The molecule has 0 aromatic rings. The molecule has 3 heteroatoms. The average Bonchev–Trinajstić information content (AvgIpc) is 2.34. The molecule has 3 nitrogen and oxygen atoms in total. The van der Waals surface area contributed by atoms with Gasteiger partial charge in [-0.3, -0.25) is 4.79 Å². The maximum absolute atomic E-state index is 9.22. The number of hydrogen-bond donors (Lipinski definition) is 1. The first kappa shape index (κ1) is 11.4. The lowest BCUT2D eigenvalue weighted by Gasteiger charge is -2.05. The highest BCUT2D eigenvalue weighted by molar-refractivity contribution is 5.70. The molecule has 0 aliphatic carbocycles. The Labute approximate surface area is 74.9 Å². The largest absolute Gasteiger partial charge is 0.370 e. The summed E-state index contributed by atoms with van der Waals surface area (Å²) in [6.07, 6.45) is 2.79. The number of carbonyl (C=O) groups excluding carboxylic acids is 1. The second-order valence-corrected chi connectivity index (χ2v) is 3.44. The Hall–Kier alpha value is -0.570. The van der Waals surface area contributed by atoms with Crippen LogP contribution in [0.3, 0.4) is 0 Å². The Morgan fingerprint density at radius 2 is 2.17 bits per heavy atom. The van der Waals surface area contributed by atoms with Crippen molar-refractivity contribution in [1.29, 1.82) is 0 Å². The number of amides is 1. The molecule has 1 rings (SSSR count). The van der Waals surface area contributed by atoms with Crippen molar-refractivity contribution in [3.8, 4) is 0 Å². The Morgan fingerprint density at radius 3 is 2.33 bits per heavy atom. The summed E-state index contributed by atoms with van der Waals surface area (Å²) in [4.78, 5) is 11.6. The second-order valence-electron chi connectivity index (χ2n) is 3.44. The molecule has 2 N–H and O–H groups in total. The first-order valence-electron chi connectivity index (χ1n) is 4.50. The lowest BCUT2D eigenvalue weighted by atomic mass is 10.1. The molecule has 72 valence electrons. The highest BCUT2D eigenvalue weighted by Gasteiger charge is 2.16. The lowest BCUT2D eigenvalue weighted by molar-refractivity contribution is -0.115. The smallest absolute Gasteiger partial charge is 0.214 e. The van der Waals surface area contributed by atoms with Crippen LogP contribution >= 0.6 is 0 Å². The van der Waals surface area contributed by atoms with Crippen LogP contribution in [0.5, 0.6) is 0 Å². The third-order valence-electron chi connectivity index (χ3n) is 2.07. The van der Waals surface area contributed by atoms with E-state index >= 15 is 0 Å². The molecule has 1 atom stereocenters. The molecule has 1 aliphatic rings. The van der Waals surface area contributed by atoms with Gasteiger partial charge in [0, 0.05) is 13.5 Å². The second kappa shape index (κ2) is 6.00. The molecule has 1 amide bonds. The van der Waals surface area contributed by atoms with E-state index in [0.717, 1.165) is 5.92 Å². The van der Waals surface area contributed by atoms with E-state index in [4.69, 9.17) is 0 Å². The molecule has 1 unspecified atom stereocenters. The van der Waals surface area contributed by atoms with Crippen LogP contribution in [0.25, 0.3) is 0 Å². The summed E-state index contributed by atoms with van der Waals surface area (Å²) in [6, 6.07) is 0. The van der Waals surface area contributed by atoms with Gasteiger partial charge >= 0.3 is 0 Å². The normalized spacial score (nSPS) is 23.1. The Morgan fingerprint density at radius 1 is 1.67 bits per heavy atom. The summed E-state index contributed by atoms with van der Waals surface area (Å²) in [5, 5.41) is 0. The summed E-state index contributed by atoms with van der Waals surface area (Å²) in [7, 11) is 2.20. The van der Waals surface area contributed by atoms with Crippen molar-refractivity contribution in [2.75, 3.05) is 20.1 Å². The van der Waals surface area contributed by atoms with Crippen molar-refractivity contribution in [2.45, 2.75) is 26.7 Å². The van der Waals surface area contributed by atoms with E-state index in [1.807, 2.05) is 0 Å². The molecule has 0 aromatic carbocycles. The SMILES string of the molecule is CC(N)=O.CCC1CCN(C)C1. The zero-order valence-corrected chi connectivity index (χ0v) is 8.34. The summed E-state index contributed by atoms with van der Waals surface area (Å²) >= 11 is 0. The van der Waals surface area contributed by atoms with Gasteiger partial charge in [-0.2, -0.15) is 0 Å². The molecule has 1 aliphatic heterocycles. The van der Waals surface area contributed by atoms with Crippen molar-refractivity contribution in [2.24, 2.45) is 11.7 Å². The van der Waals surface area contributed by atoms with Gasteiger partial charge in [0.05, 0.1) is 0 Å². The number of rotatable bonds is 1. The average molecular weight is 172 g/mol. The van der Waals surface area contributed by atoms with Crippen LogP contribution in [-0.4, -0.2) is 30.9 Å². The predicted molar refractivity (Wildman–Crippen MR) is 50.8 cm³/mol. The first-order valence-corrected chi connectivity index (χ1v) is 4.50. The monoisotopic (exact) mass is 172 g/mol. The quantitative estimate of drug-likeness (QED) is 0.637. The molecule has 12 heavy (non-hydrogen) atoms. The van der Waals surface area contributed by atoms with E-state index in [-0.39, 0.29) is 5.91 Å². The minimum atomic E-state index is -0.333. The van der Waals surface area contributed by atoms with E-state index < -0.39 is 0 Å². The first-order chi connectivity index (χ1) is 5.56. The lowest BCUT2D eigenvalue weighted by Crippen LogP contribution is -2.13. The fraction of sp³-hybridized carbons (Fsp3) is 0.889. The van der Waals surface area contributed by atoms with E-state index in [1.54, 1.807) is 0 Å². The van der Waals surface area contributed by atoms with Crippen LogP contribution in [0.4, 0.5) is 0 Å². The molecule has 0 radical (unpaired) electrons. The summed E-state index contributed by atoms with van der Waals surface area (Å²) in [5.41, 5.74) is 4.47. The van der Waals surface area contributed by atoms with E-state index in [0.29, 0.717) is 0 Å². The van der Waals surface area contributed by atoms with Crippen molar-refractivity contribution in [1.82, 2.24) is 4.90 Å². The molecular weight excluding hydrogens is 152 g/mol. The van der Waals surface area contributed by atoms with Crippen LogP contribution in [0, 0.1) is 5.92 Å². The van der Waals surface area contributed by atoms with Gasteiger partial charge in [-0.1, -0.05) is 13.3 Å². The minimum absolute atomic E-state index is 0.333. The van der Waals surface area contributed by atoms with Crippen LogP contribution < -0.4 is 5.73 Å². The van der Waals surface area contributed by atoms with Gasteiger partial charge in [0.15, 0.2) is 0 Å². The molecular formula is C9H20N2O. The topological polar surface area (TPSA) is 46.3 Å². The molecule has 1 saturated heterocycles. The molecule has 0 bridgehead atoms. The van der Waals surface area contributed by atoms with Crippen LogP contribution in [0.1, 0.15) is 26.7 Å². The summed E-state index contributed by atoms with van der Waals surface area (Å²) in [5.74, 6) is 0.667. The number of hydrogen-bond acceptors (Lipinski definition) is 2. The fourth-order valence-corrected chi connectivity index (χ4v) is 1.36. The van der Waals surface area contributed by atoms with Gasteiger partial charge in [0.25, 0.3) is 0 Å². The number of nitrogens with zero attached hydrogens (tertiary/aromatic N) is 1. The van der Waals surface area contributed by atoms with E-state index in [2.05, 4.69) is 24.6 Å². The molecule has 0 saturated carbocycles. The number of nitrogens with two attached hydrogens (primary N) is 1. The zero-order chi connectivity index (χ0) is 9.56. The Bertz CT molecular complexity index is 132. The van der Waals surface area contributed by atoms with E-state index in [9.17, 15) is 4.79 Å². The summed E-state index contributed by atoms with van der Waals surface area (Å²) < 4.78 is 0. The summed E-state index contributed by atoms with van der Waals surface area (Å²) in [6.45, 7) is 6.23. The number of carbonyl (C=O) groups is 1. The van der Waals surface area contributed by atoms with Gasteiger partial charge in [0.1, 0.15) is 0 Å². The van der Waals surface area contributed by atoms with E-state index in [1.165, 1.54) is 32.9 Å².